The van der Waals surface area contributed by atoms with Gasteiger partial charge in [0.25, 0.3) is 11.1 Å². The molecule has 0 unspecified atom stereocenters. The summed E-state index contributed by atoms with van der Waals surface area (Å²) < 4.78 is 13.2. The van der Waals surface area contributed by atoms with Crippen LogP contribution in [0.4, 0.5) is 9.18 Å². The molecule has 2 amide bonds. The van der Waals surface area contributed by atoms with E-state index in [2.05, 4.69) is 4.98 Å². The number of imide groups is 1. The molecule has 0 atom stereocenters. The summed E-state index contributed by atoms with van der Waals surface area (Å²) in [6.45, 7) is 1.22. The van der Waals surface area contributed by atoms with Gasteiger partial charge in [0.2, 0.25) is 0 Å². The van der Waals surface area contributed by atoms with Crippen LogP contribution in [0.5, 0.6) is 0 Å². The van der Waals surface area contributed by atoms with E-state index in [9.17, 15) is 14.0 Å². The molecule has 0 aliphatic carbocycles. The van der Waals surface area contributed by atoms with Crippen molar-refractivity contribution in [1.29, 1.82) is 0 Å². The van der Waals surface area contributed by atoms with E-state index < -0.39 is 0 Å². The molecule has 1 aliphatic heterocycles. The molecule has 3 rings (SSSR count). The molecule has 0 bridgehead atoms. The molecular weight excluding hydrogens is 341 g/mol. The molecule has 130 valence electrons. The average molecular weight is 359 g/mol. The highest BCUT2D eigenvalue weighted by Crippen LogP contribution is 2.32. The molecule has 0 spiro atoms. The van der Waals surface area contributed by atoms with Gasteiger partial charge in [0.15, 0.2) is 0 Å². The van der Waals surface area contributed by atoms with Gasteiger partial charge in [-0.05, 0) is 69.2 Å². The molecule has 1 aromatic heterocycles. The number of thioether (sulfide) groups is 1. The lowest BCUT2D eigenvalue weighted by atomic mass is 10.2. The topological polar surface area (TPSA) is 53.5 Å². The quantitative estimate of drug-likeness (QED) is 0.766. The Balaban J connectivity index is 1.78. The van der Waals surface area contributed by atoms with Crippen LogP contribution in [0.1, 0.15) is 12.1 Å². The van der Waals surface area contributed by atoms with Crippen LogP contribution >= 0.6 is 11.8 Å². The molecule has 2 heterocycles. The molecule has 1 aliphatic rings. The van der Waals surface area contributed by atoms with Crippen molar-refractivity contribution in [2.45, 2.75) is 6.42 Å². The summed E-state index contributed by atoms with van der Waals surface area (Å²) in [5, 5.41) is 0.437. The fraction of sp³-hybridized carbons (Fsp3) is 0.278. The summed E-state index contributed by atoms with van der Waals surface area (Å²) in [5.41, 5.74) is 1.21. The van der Waals surface area contributed by atoms with E-state index in [1.165, 1.54) is 17.0 Å². The fourth-order valence-corrected chi connectivity index (χ4v) is 3.41. The average Bonchev–Trinajstić information content (AvgIpc) is 2.82. The maximum absolute atomic E-state index is 13.2. The number of pyridine rings is 1. The molecule has 7 heteroatoms. The van der Waals surface area contributed by atoms with Crippen molar-refractivity contribution in [1.82, 2.24) is 14.8 Å². The Bertz CT molecular complexity index is 867. The maximum Gasteiger partial charge on any atom is 0.293 e. The van der Waals surface area contributed by atoms with E-state index in [4.69, 9.17) is 0 Å². The first kappa shape index (κ1) is 17.6. The molecular formula is C18H18FN3O2S. The van der Waals surface area contributed by atoms with E-state index in [0.29, 0.717) is 28.0 Å². The Morgan fingerprint density at radius 3 is 2.80 bits per heavy atom. The van der Waals surface area contributed by atoms with Crippen LogP contribution in [0.15, 0.2) is 35.2 Å². The summed E-state index contributed by atoms with van der Waals surface area (Å²) in [4.78, 5) is 32.5. The van der Waals surface area contributed by atoms with Gasteiger partial charge in [0, 0.05) is 11.9 Å². The summed E-state index contributed by atoms with van der Waals surface area (Å²) in [7, 11) is 3.90. The third kappa shape index (κ3) is 4.05. The monoisotopic (exact) mass is 359 g/mol. The number of fused-ring (bicyclic) bond motifs is 1. The Labute approximate surface area is 149 Å². The van der Waals surface area contributed by atoms with Crippen LogP contribution < -0.4 is 0 Å². The third-order valence-corrected chi connectivity index (χ3v) is 4.72. The first-order valence-corrected chi connectivity index (χ1v) is 8.72. The van der Waals surface area contributed by atoms with Crippen molar-refractivity contribution in [2.24, 2.45) is 0 Å². The number of hydrogen-bond donors (Lipinski definition) is 0. The van der Waals surface area contributed by atoms with E-state index >= 15 is 0 Å². The molecule has 25 heavy (non-hydrogen) atoms. The highest BCUT2D eigenvalue weighted by molar-refractivity contribution is 8.18. The second-order valence-corrected chi connectivity index (χ2v) is 7.06. The first-order valence-electron chi connectivity index (χ1n) is 7.90. The van der Waals surface area contributed by atoms with Crippen molar-refractivity contribution in [2.75, 3.05) is 27.2 Å². The summed E-state index contributed by atoms with van der Waals surface area (Å²) in [6, 6.07) is 7.80. The summed E-state index contributed by atoms with van der Waals surface area (Å²) >= 11 is 0.928. The standard InChI is InChI=1S/C18H18FN3O2S/c1-21(2)8-3-9-22-17(23)16(25-18(22)24)11-14-6-4-12-10-13(19)5-7-15(12)20-14/h4-7,10-11H,3,8-9H2,1-2H3/b16-11+. The molecule has 1 fully saturated rings. The van der Waals surface area contributed by atoms with Gasteiger partial charge < -0.3 is 4.90 Å². The number of nitrogens with zero attached hydrogens (tertiary/aromatic N) is 3. The zero-order valence-electron chi connectivity index (χ0n) is 14.0. The summed E-state index contributed by atoms with van der Waals surface area (Å²) in [5.74, 6) is -0.601. The molecule has 2 aromatic rings. The van der Waals surface area contributed by atoms with Crippen LogP contribution in [0.3, 0.4) is 0 Å². The number of aromatic nitrogens is 1. The predicted octanol–water partition coefficient (Wildman–Crippen LogP) is 3.36. The Hall–Kier alpha value is -2.25. The Morgan fingerprint density at radius 2 is 2.04 bits per heavy atom. The van der Waals surface area contributed by atoms with Crippen molar-refractivity contribution in [3.05, 3.63) is 46.7 Å². The zero-order valence-corrected chi connectivity index (χ0v) is 14.8. The van der Waals surface area contributed by atoms with Crippen molar-refractivity contribution >= 4 is 39.9 Å². The van der Waals surface area contributed by atoms with E-state index in [1.54, 1.807) is 24.3 Å². The minimum atomic E-state index is -0.319. The molecule has 0 radical (unpaired) electrons. The lowest BCUT2D eigenvalue weighted by Gasteiger charge is -2.14. The normalized spacial score (nSPS) is 16.6. The van der Waals surface area contributed by atoms with E-state index in [-0.39, 0.29) is 17.0 Å². The Morgan fingerprint density at radius 1 is 1.24 bits per heavy atom. The second-order valence-electron chi connectivity index (χ2n) is 6.06. The molecule has 5 nitrogen and oxygen atoms in total. The lowest BCUT2D eigenvalue weighted by molar-refractivity contribution is -0.122. The van der Waals surface area contributed by atoms with Gasteiger partial charge in [-0.2, -0.15) is 0 Å². The smallest absolute Gasteiger partial charge is 0.293 e. The van der Waals surface area contributed by atoms with Gasteiger partial charge in [0.05, 0.1) is 16.1 Å². The minimum Gasteiger partial charge on any atom is -0.309 e. The summed E-state index contributed by atoms with van der Waals surface area (Å²) in [6.07, 6.45) is 2.34. The maximum atomic E-state index is 13.2. The van der Waals surface area contributed by atoms with Crippen molar-refractivity contribution in [3.63, 3.8) is 0 Å². The third-order valence-electron chi connectivity index (χ3n) is 3.81. The number of carbonyl (C=O) groups is 2. The number of halogens is 1. The van der Waals surface area contributed by atoms with Crippen LogP contribution in [-0.4, -0.2) is 53.1 Å². The number of hydrogen-bond acceptors (Lipinski definition) is 5. The number of rotatable bonds is 5. The largest absolute Gasteiger partial charge is 0.309 e. The van der Waals surface area contributed by atoms with Gasteiger partial charge in [-0.3, -0.25) is 14.5 Å². The predicted molar refractivity (Wildman–Crippen MR) is 97.5 cm³/mol. The van der Waals surface area contributed by atoms with Gasteiger partial charge in [-0.15, -0.1) is 0 Å². The number of benzene rings is 1. The van der Waals surface area contributed by atoms with E-state index in [0.717, 1.165) is 24.7 Å². The highest BCUT2D eigenvalue weighted by Gasteiger charge is 2.34. The SMILES string of the molecule is CN(C)CCCN1C(=O)S/C(=C/c2ccc3cc(F)ccc3n2)C1=O. The lowest BCUT2D eigenvalue weighted by Crippen LogP contribution is -2.31. The second kappa shape index (κ2) is 7.33. The van der Waals surface area contributed by atoms with Gasteiger partial charge >= 0.3 is 0 Å². The fourth-order valence-electron chi connectivity index (χ4n) is 2.56. The van der Waals surface area contributed by atoms with Crippen LogP contribution in [-0.2, 0) is 4.79 Å². The van der Waals surface area contributed by atoms with Crippen LogP contribution in [0.2, 0.25) is 0 Å². The van der Waals surface area contributed by atoms with Crippen molar-refractivity contribution < 1.29 is 14.0 Å². The Kier molecular flexibility index (Phi) is 5.15. The minimum absolute atomic E-state index is 0.252. The van der Waals surface area contributed by atoms with Crippen LogP contribution in [0, 0.1) is 5.82 Å². The van der Waals surface area contributed by atoms with Crippen molar-refractivity contribution in [3.8, 4) is 0 Å². The van der Waals surface area contributed by atoms with Crippen LogP contribution in [0.25, 0.3) is 17.0 Å². The molecule has 0 N–H and O–H groups in total. The van der Waals surface area contributed by atoms with Gasteiger partial charge in [-0.1, -0.05) is 6.07 Å². The highest BCUT2D eigenvalue weighted by atomic mass is 32.2. The molecule has 1 saturated heterocycles. The first-order chi connectivity index (χ1) is 11.9. The van der Waals surface area contributed by atoms with Gasteiger partial charge in [-0.25, -0.2) is 9.37 Å². The number of carbonyl (C=O) groups excluding carboxylic acids is 2. The zero-order chi connectivity index (χ0) is 18.0. The molecule has 1 aromatic carbocycles. The number of amides is 2. The van der Waals surface area contributed by atoms with E-state index in [1.807, 2.05) is 19.0 Å². The van der Waals surface area contributed by atoms with Gasteiger partial charge in [0.1, 0.15) is 5.82 Å². The molecule has 0 saturated carbocycles.